The summed E-state index contributed by atoms with van der Waals surface area (Å²) >= 11 is 0. The smallest absolute Gasteiger partial charge is 0.139 e. The van der Waals surface area contributed by atoms with Gasteiger partial charge in [0, 0.05) is 30.2 Å². The molecule has 3 nitrogen and oxygen atoms in total. The second kappa shape index (κ2) is 3.54. The number of imidazole rings is 1. The number of anilines is 1. The number of benzene rings is 1. The first-order valence-electron chi connectivity index (χ1n) is 4.68. The van der Waals surface area contributed by atoms with Crippen molar-refractivity contribution in [2.45, 2.75) is 13.5 Å². The fraction of sp³-hybridized carbons (Fsp3) is 0.182. The van der Waals surface area contributed by atoms with Crippen LogP contribution in [0.15, 0.2) is 36.7 Å². The third kappa shape index (κ3) is 1.48. The molecule has 0 saturated carbocycles. The molecule has 0 bridgehead atoms. The molecule has 0 aliphatic carbocycles. The topological polar surface area (TPSA) is 43.8 Å². The van der Waals surface area contributed by atoms with Crippen LogP contribution in [0, 0.1) is 0 Å². The van der Waals surface area contributed by atoms with E-state index in [2.05, 4.69) is 16.5 Å². The number of nitrogen functional groups attached to an aromatic ring is 1. The van der Waals surface area contributed by atoms with Gasteiger partial charge in [-0.1, -0.05) is 12.1 Å². The van der Waals surface area contributed by atoms with Gasteiger partial charge in [-0.25, -0.2) is 4.98 Å². The Morgan fingerprint density at radius 1 is 1.43 bits per heavy atom. The van der Waals surface area contributed by atoms with Gasteiger partial charge in [0.2, 0.25) is 0 Å². The van der Waals surface area contributed by atoms with Gasteiger partial charge in [-0.2, -0.15) is 0 Å². The van der Waals surface area contributed by atoms with Gasteiger partial charge in [0.1, 0.15) is 5.82 Å². The molecule has 0 fully saturated rings. The summed E-state index contributed by atoms with van der Waals surface area (Å²) in [6.45, 7) is 3.02. The van der Waals surface area contributed by atoms with Crippen molar-refractivity contribution >= 4 is 5.69 Å². The zero-order chi connectivity index (χ0) is 9.97. The van der Waals surface area contributed by atoms with Crippen molar-refractivity contribution in [1.29, 1.82) is 0 Å². The van der Waals surface area contributed by atoms with Gasteiger partial charge in [0.15, 0.2) is 0 Å². The van der Waals surface area contributed by atoms with E-state index in [0.717, 1.165) is 23.6 Å². The minimum Gasteiger partial charge on any atom is -0.399 e. The highest BCUT2D eigenvalue weighted by Crippen LogP contribution is 2.19. The lowest BCUT2D eigenvalue weighted by Gasteiger charge is -2.04. The Balaban J connectivity index is 2.49. The molecule has 2 aromatic rings. The molecule has 0 radical (unpaired) electrons. The summed E-state index contributed by atoms with van der Waals surface area (Å²) in [4.78, 5) is 4.31. The molecule has 0 aliphatic heterocycles. The maximum absolute atomic E-state index is 5.72. The Bertz CT molecular complexity index is 432. The summed E-state index contributed by atoms with van der Waals surface area (Å²) in [7, 11) is 0. The van der Waals surface area contributed by atoms with E-state index < -0.39 is 0 Å². The number of nitrogens with zero attached hydrogens (tertiary/aromatic N) is 2. The normalized spacial score (nSPS) is 10.4. The molecule has 1 aromatic heterocycles. The third-order valence-electron chi connectivity index (χ3n) is 2.20. The first kappa shape index (κ1) is 8.81. The van der Waals surface area contributed by atoms with Crippen molar-refractivity contribution in [2.24, 2.45) is 0 Å². The molecular formula is C11H13N3. The van der Waals surface area contributed by atoms with Crippen molar-refractivity contribution < 1.29 is 0 Å². The molecule has 0 saturated heterocycles. The van der Waals surface area contributed by atoms with Crippen LogP contribution in [-0.2, 0) is 6.54 Å². The molecule has 0 spiro atoms. The number of hydrogen-bond acceptors (Lipinski definition) is 2. The number of aromatic nitrogens is 2. The van der Waals surface area contributed by atoms with Crippen LogP contribution in [-0.4, -0.2) is 9.55 Å². The van der Waals surface area contributed by atoms with Crippen LogP contribution in [0.3, 0.4) is 0 Å². The SMILES string of the molecule is CCn1ccnc1-c1cccc(N)c1. The van der Waals surface area contributed by atoms with Crippen molar-refractivity contribution in [3.63, 3.8) is 0 Å². The average Bonchev–Trinajstić information content (AvgIpc) is 2.65. The molecule has 2 rings (SSSR count). The van der Waals surface area contributed by atoms with Crippen molar-refractivity contribution in [1.82, 2.24) is 9.55 Å². The predicted octanol–water partition coefficient (Wildman–Crippen LogP) is 2.15. The maximum Gasteiger partial charge on any atom is 0.139 e. The van der Waals surface area contributed by atoms with E-state index in [0.29, 0.717) is 0 Å². The Kier molecular flexibility index (Phi) is 2.23. The van der Waals surface area contributed by atoms with Gasteiger partial charge >= 0.3 is 0 Å². The lowest BCUT2D eigenvalue weighted by Crippen LogP contribution is -1.96. The van der Waals surface area contributed by atoms with Gasteiger partial charge < -0.3 is 10.3 Å². The second-order valence-electron chi connectivity index (χ2n) is 3.16. The molecular weight excluding hydrogens is 174 g/mol. The standard InChI is InChI=1S/C11H13N3/c1-2-14-7-6-13-11(14)9-4-3-5-10(12)8-9/h3-8H,2,12H2,1H3. The maximum atomic E-state index is 5.72. The lowest BCUT2D eigenvalue weighted by molar-refractivity contribution is 0.771. The molecule has 1 heterocycles. The summed E-state index contributed by atoms with van der Waals surface area (Å²) in [5.74, 6) is 0.972. The lowest BCUT2D eigenvalue weighted by atomic mass is 10.2. The van der Waals surface area contributed by atoms with Gasteiger partial charge in [-0.3, -0.25) is 0 Å². The number of rotatable bonds is 2. The van der Waals surface area contributed by atoms with Crippen LogP contribution in [0.25, 0.3) is 11.4 Å². The molecule has 1 aromatic carbocycles. The van der Waals surface area contributed by atoms with Gasteiger partial charge in [0.25, 0.3) is 0 Å². The van der Waals surface area contributed by atoms with Crippen LogP contribution in [0.2, 0.25) is 0 Å². The summed E-state index contributed by atoms with van der Waals surface area (Å²) in [6.07, 6.45) is 3.78. The van der Waals surface area contributed by atoms with Gasteiger partial charge in [-0.15, -0.1) is 0 Å². The molecule has 2 N–H and O–H groups in total. The monoisotopic (exact) mass is 187 g/mol. The van der Waals surface area contributed by atoms with Crippen LogP contribution >= 0.6 is 0 Å². The summed E-state index contributed by atoms with van der Waals surface area (Å²) in [5, 5.41) is 0. The molecule has 0 amide bonds. The predicted molar refractivity (Wildman–Crippen MR) is 57.7 cm³/mol. The Morgan fingerprint density at radius 2 is 2.29 bits per heavy atom. The Hall–Kier alpha value is -1.77. The average molecular weight is 187 g/mol. The fourth-order valence-corrected chi connectivity index (χ4v) is 1.50. The molecule has 0 atom stereocenters. The van der Waals surface area contributed by atoms with E-state index in [-0.39, 0.29) is 0 Å². The van der Waals surface area contributed by atoms with Crippen LogP contribution in [0.4, 0.5) is 5.69 Å². The quantitative estimate of drug-likeness (QED) is 0.732. The van der Waals surface area contributed by atoms with Crippen LogP contribution < -0.4 is 5.73 Å². The Labute approximate surface area is 83.2 Å². The van der Waals surface area contributed by atoms with E-state index in [1.54, 1.807) is 0 Å². The van der Waals surface area contributed by atoms with Crippen LogP contribution in [0.5, 0.6) is 0 Å². The molecule has 14 heavy (non-hydrogen) atoms. The molecule has 3 heteroatoms. The van der Waals surface area contributed by atoms with Gasteiger partial charge in [-0.05, 0) is 19.1 Å². The molecule has 0 unspecified atom stereocenters. The summed E-state index contributed by atoms with van der Waals surface area (Å²) in [5.41, 5.74) is 7.56. The van der Waals surface area contributed by atoms with Crippen molar-refractivity contribution in [3.8, 4) is 11.4 Å². The number of aryl methyl sites for hydroxylation is 1. The third-order valence-corrected chi connectivity index (χ3v) is 2.20. The van der Waals surface area contributed by atoms with E-state index in [4.69, 9.17) is 5.73 Å². The summed E-state index contributed by atoms with van der Waals surface area (Å²) in [6, 6.07) is 7.78. The minimum atomic E-state index is 0.771. The highest BCUT2D eigenvalue weighted by molar-refractivity contribution is 5.61. The van der Waals surface area contributed by atoms with Crippen molar-refractivity contribution in [3.05, 3.63) is 36.7 Å². The first-order chi connectivity index (χ1) is 6.81. The number of nitrogens with two attached hydrogens (primary N) is 1. The molecule has 0 aliphatic rings. The van der Waals surface area contributed by atoms with E-state index >= 15 is 0 Å². The highest BCUT2D eigenvalue weighted by atomic mass is 15.1. The second-order valence-corrected chi connectivity index (χ2v) is 3.16. The molecule has 72 valence electrons. The van der Waals surface area contributed by atoms with Gasteiger partial charge in [0.05, 0.1) is 0 Å². The Morgan fingerprint density at radius 3 is 3.00 bits per heavy atom. The number of hydrogen-bond donors (Lipinski definition) is 1. The largest absolute Gasteiger partial charge is 0.399 e. The van der Waals surface area contributed by atoms with E-state index in [1.807, 2.05) is 36.7 Å². The van der Waals surface area contributed by atoms with Crippen LogP contribution in [0.1, 0.15) is 6.92 Å². The fourth-order valence-electron chi connectivity index (χ4n) is 1.50. The van der Waals surface area contributed by atoms with Crippen molar-refractivity contribution in [2.75, 3.05) is 5.73 Å². The zero-order valence-electron chi connectivity index (χ0n) is 8.14. The van der Waals surface area contributed by atoms with E-state index in [1.165, 1.54) is 0 Å². The zero-order valence-corrected chi connectivity index (χ0v) is 8.14. The highest BCUT2D eigenvalue weighted by Gasteiger charge is 2.03. The first-order valence-corrected chi connectivity index (χ1v) is 4.68. The van der Waals surface area contributed by atoms with E-state index in [9.17, 15) is 0 Å². The minimum absolute atomic E-state index is 0.771. The summed E-state index contributed by atoms with van der Waals surface area (Å²) < 4.78 is 2.09.